The molecule has 12 heteroatoms. The third-order valence-electron chi connectivity index (χ3n) is 4.82. The zero-order valence-corrected chi connectivity index (χ0v) is 20.7. The molecule has 0 radical (unpaired) electrons. The molecule has 0 heterocycles. The topological polar surface area (TPSA) is 188 Å². The van der Waals surface area contributed by atoms with Gasteiger partial charge in [-0.15, -0.1) is 0 Å². The van der Waals surface area contributed by atoms with Gasteiger partial charge in [0.1, 0.15) is 18.1 Å². The Morgan fingerprint density at radius 2 is 1.39 bits per heavy atom. The Bertz CT molecular complexity index is 688. The van der Waals surface area contributed by atoms with Crippen molar-refractivity contribution in [2.75, 3.05) is 12.0 Å². The van der Waals surface area contributed by atoms with Gasteiger partial charge >= 0.3 is 11.9 Å². The zero-order chi connectivity index (χ0) is 25.7. The highest BCUT2D eigenvalue weighted by atomic mass is 32.2. The number of thioether (sulfide) groups is 1. The van der Waals surface area contributed by atoms with E-state index in [9.17, 15) is 29.1 Å². The van der Waals surface area contributed by atoms with Crippen molar-refractivity contribution in [3.63, 3.8) is 0 Å². The average Bonchev–Trinajstić information content (AvgIpc) is 2.71. The third kappa shape index (κ3) is 12.5. The number of amides is 3. The van der Waals surface area contributed by atoms with Crippen molar-refractivity contribution in [2.45, 2.75) is 77.5 Å². The van der Waals surface area contributed by atoms with Crippen LogP contribution in [-0.4, -0.2) is 76.0 Å². The Morgan fingerprint density at radius 1 is 0.848 bits per heavy atom. The molecule has 4 atom stereocenters. The van der Waals surface area contributed by atoms with Crippen LogP contribution >= 0.6 is 11.8 Å². The second kappa shape index (κ2) is 15.5. The molecule has 0 aromatic rings. The Hall–Kier alpha value is -2.34. The molecule has 0 aromatic heterocycles. The highest BCUT2D eigenvalue weighted by molar-refractivity contribution is 7.98. The molecular formula is C21H38N4O7S. The molecule has 3 amide bonds. The number of nitrogens with one attached hydrogen (secondary N) is 3. The van der Waals surface area contributed by atoms with Crippen LogP contribution in [0.15, 0.2) is 0 Å². The van der Waals surface area contributed by atoms with E-state index in [1.54, 1.807) is 13.8 Å². The number of carboxylic acids is 2. The van der Waals surface area contributed by atoms with Gasteiger partial charge in [-0.25, -0.2) is 4.79 Å². The van der Waals surface area contributed by atoms with Gasteiger partial charge in [0.2, 0.25) is 17.7 Å². The predicted molar refractivity (Wildman–Crippen MR) is 126 cm³/mol. The first-order valence-corrected chi connectivity index (χ1v) is 12.3. The summed E-state index contributed by atoms with van der Waals surface area (Å²) in [6.45, 7) is 6.93. The number of hydrogen-bond donors (Lipinski definition) is 6. The van der Waals surface area contributed by atoms with E-state index >= 15 is 0 Å². The molecule has 190 valence electrons. The summed E-state index contributed by atoms with van der Waals surface area (Å²) in [5.74, 6) is -4.13. The maximum absolute atomic E-state index is 12.9. The molecule has 0 saturated heterocycles. The Kier molecular flexibility index (Phi) is 14.4. The number of rotatable bonds is 16. The van der Waals surface area contributed by atoms with Crippen molar-refractivity contribution in [3.05, 3.63) is 0 Å². The molecule has 33 heavy (non-hydrogen) atoms. The van der Waals surface area contributed by atoms with Gasteiger partial charge in [0.15, 0.2) is 0 Å². The van der Waals surface area contributed by atoms with Crippen LogP contribution in [0.3, 0.4) is 0 Å². The summed E-state index contributed by atoms with van der Waals surface area (Å²) in [5.41, 5.74) is 5.88. The first-order valence-electron chi connectivity index (χ1n) is 10.9. The maximum Gasteiger partial charge on any atom is 0.326 e. The van der Waals surface area contributed by atoms with E-state index < -0.39 is 66.2 Å². The highest BCUT2D eigenvalue weighted by Gasteiger charge is 2.31. The lowest BCUT2D eigenvalue weighted by molar-refractivity contribution is -0.144. The van der Waals surface area contributed by atoms with Crippen LogP contribution in [0.5, 0.6) is 0 Å². The molecule has 0 aliphatic carbocycles. The molecule has 0 bridgehead atoms. The van der Waals surface area contributed by atoms with Crippen LogP contribution < -0.4 is 21.7 Å². The number of aliphatic carboxylic acids is 2. The molecule has 7 N–H and O–H groups in total. The van der Waals surface area contributed by atoms with Gasteiger partial charge in [0.25, 0.3) is 0 Å². The van der Waals surface area contributed by atoms with Gasteiger partial charge < -0.3 is 31.9 Å². The summed E-state index contributed by atoms with van der Waals surface area (Å²) in [7, 11) is 0. The van der Waals surface area contributed by atoms with Crippen LogP contribution in [0, 0.1) is 11.8 Å². The number of hydrogen-bond acceptors (Lipinski definition) is 7. The lowest BCUT2D eigenvalue weighted by Crippen LogP contribution is -2.57. The standard InChI is InChI=1S/C21H38N4O7S/c1-11(2)10-15(24-18(28)13(22)8-9-33-5)20(30)23-14(6-7-16(26)27)19(29)25-17(12(3)4)21(31)32/h11-15,17H,6-10,22H2,1-5H3,(H,23,30)(H,24,28)(H,25,29)(H,26,27)(H,31,32). The predicted octanol–water partition coefficient (Wildman–Crippen LogP) is 0.173. The number of carbonyl (C=O) groups is 5. The van der Waals surface area contributed by atoms with Gasteiger partial charge in [0.05, 0.1) is 6.04 Å². The van der Waals surface area contributed by atoms with Crippen molar-refractivity contribution < 1.29 is 34.2 Å². The molecule has 0 rings (SSSR count). The van der Waals surface area contributed by atoms with Crippen molar-refractivity contribution in [2.24, 2.45) is 17.6 Å². The van der Waals surface area contributed by atoms with Gasteiger partial charge in [-0.1, -0.05) is 27.7 Å². The fourth-order valence-corrected chi connectivity index (χ4v) is 3.42. The van der Waals surface area contributed by atoms with E-state index in [0.717, 1.165) is 0 Å². The first-order chi connectivity index (χ1) is 15.3. The maximum atomic E-state index is 12.9. The van der Waals surface area contributed by atoms with Crippen molar-refractivity contribution in [1.29, 1.82) is 0 Å². The lowest BCUT2D eigenvalue weighted by Gasteiger charge is -2.26. The van der Waals surface area contributed by atoms with Crippen molar-refractivity contribution in [3.8, 4) is 0 Å². The van der Waals surface area contributed by atoms with Crippen LogP contribution in [0.4, 0.5) is 0 Å². The van der Waals surface area contributed by atoms with Crippen LogP contribution in [0.25, 0.3) is 0 Å². The average molecular weight is 491 g/mol. The Morgan fingerprint density at radius 3 is 1.85 bits per heavy atom. The minimum Gasteiger partial charge on any atom is -0.481 e. The number of nitrogens with two attached hydrogens (primary N) is 1. The van der Waals surface area contributed by atoms with E-state index in [1.165, 1.54) is 11.8 Å². The normalized spacial score (nSPS) is 14.8. The highest BCUT2D eigenvalue weighted by Crippen LogP contribution is 2.09. The van der Waals surface area contributed by atoms with Crippen molar-refractivity contribution >= 4 is 41.4 Å². The Labute approximate surface area is 199 Å². The summed E-state index contributed by atoms with van der Waals surface area (Å²) >= 11 is 1.54. The molecule has 4 unspecified atom stereocenters. The summed E-state index contributed by atoms with van der Waals surface area (Å²) in [6.07, 6.45) is 1.92. The van der Waals surface area contributed by atoms with E-state index in [4.69, 9.17) is 10.8 Å². The quantitative estimate of drug-likeness (QED) is 0.175. The number of carbonyl (C=O) groups excluding carboxylic acids is 3. The first kappa shape index (κ1) is 30.7. The van der Waals surface area contributed by atoms with Crippen LogP contribution in [0.2, 0.25) is 0 Å². The molecular weight excluding hydrogens is 452 g/mol. The summed E-state index contributed by atoms with van der Waals surface area (Å²) < 4.78 is 0. The molecule has 0 spiro atoms. The summed E-state index contributed by atoms with van der Waals surface area (Å²) in [5, 5.41) is 25.8. The van der Waals surface area contributed by atoms with Gasteiger partial charge in [0, 0.05) is 6.42 Å². The van der Waals surface area contributed by atoms with Gasteiger partial charge in [-0.3, -0.25) is 19.2 Å². The minimum atomic E-state index is -1.29. The van der Waals surface area contributed by atoms with Gasteiger partial charge in [-0.2, -0.15) is 11.8 Å². The van der Waals surface area contributed by atoms with Gasteiger partial charge in [-0.05, 0) is 43.1 Å². The molecule has 11 nitrogen and oxygen atoms in total. The Balaban J connectivity index is 5.52. The molecule has 0 aliphatic heterocycles. The second-order valence-electron chi connectivity index (χ2n) is 8.64. The fourth-order valence-electron chi connectivity index (χ4n) is 2.93. The zero-order valence-electron chi connectivity index (χ0n) is 19.9. The van der Waals surface area contributed by atoms with E-state index in [2.05, 4.69) is 16.0 Å². The number of carboxylic acid groups (broad SMARTS) is 2. The monoisotopic (exact) mass is 490 g/mol. The largest absolute Gasteiger partial charge is 0.481 e. The van der Waals surface area contributed by atoms with Crippen LogP contribution in [-0.2, 0) is 24.0 Å². The van der Waals surface area contributed by atoms with E-state index in [0.29, 0.717) is 12.2 Å². The minimum absolute atomic E-state index is 0.0205. The smallest absolute Gasteiger partial charge is 0.326 e. The molecule has 0 aliphatic rings. The van der Waals surface area contributed by atoms with E-state index in [1.807, 2.05) is 20.1 Å². The molecule has 0 fully saturated rings. The third-order valence-corrected chi connectivity index (χ3v) is 5.46. The fraction of sp³-hybridized carbons (Fsp3) is 0.762. The van der Waals surface area contributed by atoms with E-state index in [-0.39, 0.29) is 18.8 Å². The second-order valence-corrected chi connectivity index (χ2v) is 9.63. The van der Waals surface area contributed by atoms with Crippen molar-refractivity contribution in [1.82, 2.24) is 16.0 Å². The lowest BCUT2D eigenvalue weighted by atomic mass is 10.0. The summed E-state index contributed by atoms with van der Waals surface area (Å²) in [6, 6.07) is -4.28. The summed E-state index contributed by atoms with van der Waals surface area (Å²) in [4.78, 5) is 60.5. The van der Waals surface area contributed by atoms with Crippen LogP contribution in [0.1, 0.15) is 53.4 Å². The molecule has 0 aromatic carbocycles. The molecule has 0 saturated carbocycles. The SMILES string of the molecule is CSCCC(N)C(=O)NC(CC(C)C)C(=O)NC(CCC(=O)O)C(=O)NC(C(=O)O)C(C)C.